The first-order valence-corrected chi connectivity index (χ1v) is 5.66. The van der Waals surface area contributed by atoms with Gasteiger partial charge in [-0.2, -0.15) is 0 Å². The maximum Gasteiger partial charge on any atom is 0.224 e. The van der Waals surface area contributed by atoms with Gasteiger partial charge in [0.1, 0.15) is 0 Å². The minimum absolute atomic E-state index is 0.00416. The number of amides is 1. The van der Waals surface area contributed by atoms with Crippen molar-refractivity contribution < 1.29 is 9.90 Å². The quantitative estimate of drug-likeness (QED) is 0.876. The molecule has 1 aromatic carbocycles. The molecule has 0 heterocycles. The molecule has 5 heteroatoms. The predicted molar refractivity (Wildman–Crippen MR) is 66.1 cm³/mol. The second-order valence-electron chi connectivity index (χ2n) is 3.46. The number of halogens is 2. The summed E-state index contributed by atoms with van der Waals surface area (Å²) in [6.07, 6.45) is 0.696. The summed E-state index contributed by atoms with van der Waals surface area (Å²) in [7, 11) is 0. The van der Waals surface area contributed by atoms with Crippen molar-refractivity contribution in [3.05, 3.63) is 27.7 Å². The Morgan fingerprint density at radius 3 is 2.69 bits per heavy atom. The normalized spacial score (nSPS) is 10.2. The van der Waals surface area contributed by atoms with Crippen molar-refractivity contribution in [3.63, 3.8) is 0 Å². The van der Waals surface area contributed by atoms with Crippen LogP contribution in [0, 0.1) is 6.92 Å². The van der Waals surface area contributed by atoms with Crippen LogP contribution in [-0.2, 0) is 4.79 Å². The van der Waals surface area contributed by atoms with E-state index in [1.807, 2.05) is 6.92 Å². The highest BCUT2D eigenvalue weighted by molar-refractivity contribution is 6.36. The highest BCUT2D eigenvalue weighted by Gasteiger charge is 2.08. The number of anilines is 1. The van der Waals surface area contributed by atoms with E-state index in [9.17, 15) is 4.79 Å². The van der Waals surface area contributed by atoms with E-state index in [2.05, 4.69) is 5.32 Å². The first-order chi connectivity index (χ1) is 7.54. The van der Waals surface area contributed by atoms with Crippen LogP contribution < -0.4 is 5.32 Å². The zero-order valence-electron chi connectivity index (χ0n) is 8.89. The molecule has 0 aliphatic carbocycles. The summed E-state index contributed by atoms with van der Waals surface area (Å²) in [5.74, 6) is -0.184. The molecule has 3 nitrogen and oxygen atoms in total. The Kier molecular flexibility index (Phi) is 5.06. The molecule has 0 unspecified atom stereocenters. The van der Waals surface area contributed by atoms with Gasteiger partial charge in [-0.1, -0.05) is 23.2 Å². The van der Waals surface area contributed by atoms with Gasteiger partial charge in [-0.05, 0) is 31.0 Å². The van der Waals surface area contributed by atoms with Crippen LogP contribution in [0.2, 0.25) is 10.0 Å². The lowest BCUT2D eigenvalue weighted by molar-refractivity contribution is -0.116. The average Bonchev–Trinajstić information content (AvgIpc) is 2.23. The van der Waals surface area contributed by atoms with Gasteiger partial charge in [0.05, 0.1) is 10.7 Å². The van der Waals surface area contributed by atoms with Crippen molar-refractivity contribution in [1.29, 1.82) is 0 Å². The maximum absolute atomic E-state index is 11.4. The van der Waals surface area contributed by atoms with Gasteiger partial charge in [0.15, 0.2) is 0 Å². The van der Waals surface area contributed by atoms with Gasteiger partial charge < -0.3 is 10.4 Å². The lowest BCUT2D eigenvalue weighted by Gasteiger charge is -2.08. The molecule has 88 valence electrons. The fourth-order valence-corrected chi connectivity index (χ4v) is 1.62. The SMILES string of the molecule is Cc1cc(Cl)c(NC(=O)CCCO)cc1Cl. The first kappa shape index (κ1) is 13.3. The van der Waals surface area contributed by atoms with Gasteiger partial charge in [0.25, 0.3) is 0 Å². The molecule has 0 radical (unpaired) electrons. The Hall–Kier alpha value is -0.770. The zero-order valence-corrected chi connectivity index (χ0v) is 10.4. The van der Waals surface area contributed by atoms with Crippen LogP contribution in [0.25, 0.3) is 0 Å². The third-order valence-electron chi connectivity index (χ3n) is 2.08. The van der Waals surface area contributed by atoms with Crippen LogP contribution in [0.5, 0.6) is 0 Å². The van der Waals surface area contributed by atoms with E-state index in [1.165, 1.54) is 0 Å². The highest BCUT2D eigenvalue weighted by atomic mass is 35.5. The van der Waals surface area contributed by atoms with Crippen LogP contribution in [0.3, 0.4) is 0 Å². The van der Waals surface area contributed by atoms with E-state index in [4.69, 9.17) is 28.3 Å². The second kappa shape index (κ2) is 6.09. The predicted octanol–water partition coefficient (Wildman–Crippen LogP) is 3.01. The van der Waals surface area contributed by atoms with Gasteiger partial charge in [-0.25, -0.2) is 0 Å². The summed E-state index contributed by atoms with van der Waals surface area (Å²) in [6.45, 7) is 1.83. The molecule has 0 aliphatic heterocycles. The van der Waals surface area contributed by atoms with E-state index >= 15 is 0 Å². The minimum Gasteiger partial charge on any atom is -0.396 e. The number of carbonyl (C=O) groups excluding carboxylic acids is 1. The molecule has 0 fully saturated rings. The van der Waals surface area contributed by atoms with Crippen LogP contribution in [0.4, 0.5) is 5.69 Å². The van der Waals surface area contributed by atoms with E-state index in [0.717, 1.165) is 5.56 Å². The van der Waals surface area contributed by atoms with Crippen molar-refractivity contribution in [2.24, 2.45) is 0 Å². The lowest BCUT2D eigenvalue weighted by Crippen LogP contribution is -2.12. The summed E-state index contributed by atoms with van der Waals surface area (Å²) in [5, 5.41) is 12.3. The first-order valence-electron chi connectivity index (χ1n) is 4.91. The van der Waals surface area contributed by atoms with Crippen molar-refractivity contribution in [1.82, 2.24) is 0 Å². The van der Waals surface area contributed by atoms with Gasteiger partial charge in [-0.15, -0.1) is 0 Å². The number of nitrogens with one attached hydrogen (secondary N) is 1. The fourth-order valence-electron chi connectivity index (χ4n) is 1.19. The number of hydrogen-bond donors (Lipinski definition) is 2. The van der Waals surface area contributed by atoms with E-state index in [0.29, 0.717) is 22.2 Å². The fraction of sp³-hybridized carbons (Fsp3) is 0.364. The Morgan fingerprint density at radius 1 is 1.38 bits per heavy atom. The molecule has 0 spiro atoms. The molecule has 1 rings (SSSR count). The van der Waals surface area contributed by atoms with Gasteiger partial charge in [-0.3, -0.25) is 4.79 Å². The number of rotatable bonds is 4. The molecule has 0 atom stereocenters. The molecule has 1 aromatic rings. The van der Waals surface area contributed by atoms with Crippen LogP contribution in [0.1, 0.15) is 18.4 Å². The molecule has 0 saturated carbocycles. The van der Waals surface area contributed by atoms with Crippen molar-refractivity contribution in [2.75, 3.05) is 11.9 Å². The Morgan fingerprint density at radius 2 is 2.06 bits per heavy atom. The molecule has 0 bridgehead atoms. The summed E-state index contributed by atoms with van der Waals surface area (Å²) in [4.78, 5) is 11.4. The molecule has 16 heavy (non-hydrogen) atoms. The number of aryl methyl sites for hydroxylation is 1. The van der Waals surface area contributed by atoms with Crippen LogP contribution in [-0.4, -0.2) is 17.6 Å². The standard InChI is InChI=1S/C11H13Cl2NO2/c1-7-5-9(13)10(6-8(7)12)14-11(16)3-2-4-15/h5-6,15H,2-4H2,1H3,(H,14,16). The smallest absolute Gasteiger partial charge is 0.224 e. The van der Waals surface area contributed by atoms with Crippen LogP contribution >= 0.6 is 23.2 Å². The topological polar surface area (TPSA) is 49.3 Å². The minimum atomic E-state index is -0.184. The van der Waals surface area contributed by atoms with Gasteiger partial charge >= 0.3 is 0 Å². The molecular formula is C11H13Cl2NO2. The van der Waals surface area contributed by atoms with E-state index in [1.54, 1.807) is 12.1 Å². The van der Waals surface area contributed by atoms with Crippen molar-refractivity contribution in [3.8, 4) is 0 Å². The van der Waals surface area contributed by atoms with Crippen molar-refractivity contribution in [2.45, 2.75) is 19.8 Å². The third-order valence-corrected chi connectivity index (χ3v) is 2.80. The number of hydrogen-bond acceptors (Lipinski definition) is 2. The molecule has 0 aliphatic rings. The number of aliphatic hydroxyl groups is 1. The zero-order chi connectivity index (χ0) is 12.1. The summed E-state index contributed by atoms with van der Waals surface area (Å²) in [5.41, 5.74) is 1.36. The molecule has 0 aromatic heterocycles. The molecular weight excluding hydrogens is 249 g/mol. The summed E-state index contributed by atoms with van der Waals surface area (Å²) >= 11 is 11.9. The largest absolute Gasteiger partial charge is 0.396 e. The van der Waals surface area contributed by atoms with E-state index in [-0.39, 0.29) is 18.9 Å². The maximum atomic E-state index is 11.4. The van der Waals surface area contributed by atoms with Gasteiger partial charge in [0, 0.05) is 18.1 Å². The lowest BCUT2D eigenvalue weighted by atomic mass is 10.2. The van der Waals surface area contributed by atoms with Crippen molar-refractivity contribution >= 4 is 34.8 Å². The van der Waals surface area contributed by atoms with Gasteiger partial charge in [0.2, 0.25) is 5.91 Å². The van der Waals surface area contributed by atoms with E-state index < -0.39 is 0 Å². The third kappa shape index (κ3) is 3.67. The Labute approximate surface area is 104 Å². The van der Waals surface area contributed by atoms with Crippen LogP contribution in [0.15, 0.2) is 12.1 Å². The molecule has 1 amide bonds. The monoisotopic (exact) mass is 261 g/mol. The Bertz CT molecular complexity index is 394. The molecule has 0 saturated heterocycles. The second-order valence-corrected chi connectivity index (χ2v) is 4.27. The molecule has 2 N–H and O–H groups in total. The number of carbonyl (C=O) groups is 1. The average molecular weight is 262 g/mol. The highest BCUT2D eigenvalue weighted by Crippen LogP contribution is 2.28. The Balaban J connectivity index is 2.73. The number of benzene rings is 1. The summed E-state index contributed by atoms with van der Waals surface area (Å²) < 4.78 is 0. The summed E-state index contributed by atoms with van der Waals surface area (Å²) in [6, 6.07) is 3.32. The number of aliphatic hydroxyl groups excluding tert-OH is 1.